The van der Waals surface area contributed by atoms with Crippen molar-refractivity contribution >= 4 is 11.8 Å². The first-order valence-electron chi connectivity index (χ1n) is 5.77. The lowest BCUT2D eigenvalue weighted by molar-refractivity contribution is -0.155. The molecule has 0 aromatic heterocycles. The van der Waals surface area contributed by atoms with Gasteiger partial charge in [0.1, 0.15) is 5.54 Å². The molecule has 2 aliphatic rings. The van der Waals surface area contributed by atoms with E-state index in [2.05, 4.69) is 5.32 Å². The zero-order valence-electron chi connectivity index (χ0n) is 9.69. The Morgan fingerprint density at radius 3 is 2.69 bits per heavy atom. The fourth-order valence-corrected chi connectivity index (χ4v) is 2.44. The Bertz CT molecular complexity index is 329. The lowest BCUT2D eigenvalue weighted by Crippen LogP contribution is -2.72. The molecule has 0 saturated carbocycles. The summed E-state index contributed by atoms with van der Waals surface area (Å²) < 4.78 is 0. The number of aliphatic hydroxyl groups is 1. The Hall–Kier alpha value is -1.10. The third-order valence-electron chi connectivity index (χ3n) is 3.83. The molecule has 1 spiro atoms. The summed E-state index contributed by atoms with van der Waals surface area (Å²) in [4.78, 5) is 25.4. The molecule has 0 bridgehead atoms. The van der Waals surface area contributed by atoms with Gasteiger partial charge in [0.2, 0.25) is 11.8 Å². The molecule has 90 valence electrons. The van der Waals surface area contributed by atoms with Crippen LogP contribution in [-0.2, 0) is 9.59 Å². The van der Waals surface area contributed by atoms with Crippen LogP contribution < -0.4 is 5.32 Å². The van der Waals surface area contributed by atoms with Gasteiger partial charge >= 0.3 is 0 Å². The second kappa shape index (κ2) is 3.73. The number of nitrogens with zero attached hydrogens (tertiary/aromatic N) is 1. The molecule has 5 nitrogen and oxygen atoms in total. The van der Waals surface area contributed by atoms with Gasteiger partial charge in [0.25, 0.3) is 0 Å². The number of hydrogen-bond donors (Lipinski definition) is 2. The van der Waals surface area contributed by atoms with Crippen LogP contribution in [0, 0.1) is 5.92 Å². The van der Waals surface area contributed by atoms with Crippen LogP contribution in [-0.4, -0.2) is 46.6 Å². The molecule has 16 heavy (non-hydrogen) atoms. The highest BCUT2D eigenvalue weighted by Crippen LogP contribution is 2.35. The fourth-order valence-electron chi connectivity index (χ4n) is 2.44. The number of amides is 2. The number of β-lactam (4-membered cyclic amide) rings is 1. The second-order valence-electron chi connectivity index (χ2n) is 4.84. The van der Waals surface area contributed by atoms with E-state index in [1.807, 2.05) is 0 Å². The summed E-state index contributed by atoms with van der Waals surface area (Å²) in [7, 11) is 0. The minimum absolute atomic E-state index is 0.0452. The van der Waals surface area contributed by atoms with Gasteiger partial charge in [0.05, 0.1) is 12.0 Å². The normalized spacial score (nSPS) is 32.2. The summed E-state index contributed by atoms with van der Waals surface area (Å²) in [5.74, 6) is -0.595. The van der Waals surface area contributed by atoms with Crippen LogP contribution in [0.5, 0.6) is 0 Å². The number of carbonyl (C=O) groups excluding carboxylic acids is 2. The van der Waals surface area contributed by atoms with Crippen LogP contribution in [0.3, 0.4) is 0 Å². The smallest absolute Gasteiger partial charge is 0.247 e. The predicted molar refractivity (Wildman–Crippen MR) is 57.5 cm³/mol. The monoisotopic (exact) mass is 226 g/mol. The summed E-state index contributed by atoms with van der Waals surface area (Å²) in [6.45, 7) is 4.50. The minimum atomic E-state index is -0.673. The highest BCUT2D eigenvalue weighted by Gasteiger charge is 2.55. The molecule has 2 N–H and O–H groups in total. The van der Waals surface area contributed by atoms with Gasteiger partial charge in [0, 0.05) is 13.1 Å². The molecule has 2 rings (SSSR count). The van der Waals surface area contributed by atoms with Crippen molar-refractivity contribution in [3.05, 3.63) is 0 Å². The number of rotatable bonds is 2. The van der Waals surface area contributed by atoms with Crippen molar-refractivity contribution in [3.8, 4) is 0 Å². The molecule has 2 fully saturated rings. The molecule has 0 radical (unpaired) electrons. The van der Waals surface area contributed by atoms with Gasteiger partial charge in [-0.25, -0.2) is 0 Å². The van der Waals surface area contributed by atoms with E-state index in [1.54, 1.807) is 18.7 Å². The molecule has 2 amide bonds. The minimum Gasteiger partial charge on any atom is -0.393 e. The largest absolute Gasteiger partial charge is 0.393 e. The van der Waals surface area contributed by atoms with Crippen molar-refractivity contribution in [2.45, 2.75) is 38.3 Å². The molecular weight excluding hydrogens is 208 g/mol. The van der Waals surface area contributed by atoms with Gasteiger partial charge in [-0.1, -0.05) is 6.92 Å². The average molecular weight is 226 g/mol. The molecule has 5 heteroatoms. The lowest BCUT2D eigenvalue weighted by atomic mass is 9.87. The highest BCUT2D eigenvalue weighted by atomic mass is 16.3. The maximum Gasteiger partial charge on any atom is 0.247 e. The van der Waals surface area contributed by atoms with E-state index in [4.69, 9.17) is 0 Å². The average Bonchev–Trinajstić information content (AvgIpc) is 2.71. The summed E-state index contributed by atoms with van der Waals surface area (Å²) in [6, 6.07) is 0. The van der Waals surface area contributed by atoms with E-state index in [1.165, 1.54) is 0 Å². The summed E-state index contributed by atoms with van der Waals surface area (Å²) in [5, 5.41) is 12.1. The molecule has 2 saturated heterocycles. The topological polar surface area (TPSA) is 69.6 Å². The fraction of sp³-hybridized carbons (Fsp3) is 0.818. The van der Waals surface area contributed by atoms with E-state index >= 15 is 0 Å². The second-order valence-corrected chi connectivity index (χ2v) is 4.84. The number of likely N-dealkylation sites (tertiary alicyclic amines) is 1. The Labute approximate surface area is 94.8 Å². The van der Waals surface area contributed by atoms with E-state index in [0.29, 0.717) is 13.1 Å². The predicted octanol–water partition coefficient (Wildman–Crippen LogP) is -0.506. The third kappa shape index (κ3) is 1.42. The van der Waals surface area contributed by atoms with Crippen LogP contribution in [0.25, 0.3) is 0 Å². The van der Waals surface area contributed by atoms with Gasteiger partial charge in [-0.05, 0) is 19.8 Å². The SMILES string of the molecule is CC(O)C(C)C(=O)N1CCCC12CNC2=O. The number of carbonyl (C=O) groups is 2. The molecule has 3 atom stereocenters. The van der Waals surface area contributed by atoms with Crippen LogP contribution in [0.2, 0.25) is 0 Å². The van der Waals surface area contributed by atoms with Gasteiger partial charge in [0.15, 0.2) is 0 Å². The van der Waals surface area contributed by atoms with E-state index < -0.39 is 17.6 Å². The zero-order valence-corrected chi connectivity index (χ0v) is 9.69. The number of nitrogens with one attached hydrogen (secondary N) is 1. The van der Waals surface area contributed by atoms with Crippen LogP contribution in [0.15, 0.2) is 0 Å². The van der Waals surface area contributed by atoms with Crippen LogP contribution >= 0.6 is 0 Å². The molecule has 3 unspecified atom stereocenters. The lowest BCUT2D eigenvalue weighted by Gasteiger charge is -2.45. The summed E-state index contributed by atoms with van der Waals surface area (Å²) in [6.07, 6.45) is 0.941. The molecule has 2 heterocycles. The summed E-state index contributed by atoms with van der Waals surface area (Å²) in [5.41, 5.74) is -0.597. The maximum atomic E-state index is 12.1. The highest BCUT2D eigenvalue weighted by molar-refractivity contribution is 5.97. The van der Waals surface area contributed by atoms with Gasteiger partial charge in [-0.15, -0.1) is 0 Å². The quantitative estimate of drug-likeness (QED) is 0.623. The Morgan fingerprint density at radius 1 is 1.56 bits per heavy atom. The van der Waals surface area contributed by atoms with Crippen molar-refractivity contribution in [1.82, 2.24) is 10.2 Å². The first-order chi connectivity index (χ1) is 7.49. The van der Waals surface area contributed by atoms with E-state index in [9.17, 15) is 14.7 Å². The first kappa shape index (κ1) is 11.4. The molecule has 0 aromatic rings. The van der Waals surface area contributed by atoms with E-state index in [-0.39, 0.29) is 11.8 Å². The maximum absolute atomic E-state index is 12.1. The zero-order chi connectivity index (χ0) is 11.9. The van der Waals surface area contributed by atoms with Crippen molar-refractivity contribution in [2.24, 2.45) is 5.92 Å². The van der Waals surface area contributed by atoms with Gasteiger partial charge in [-0.3, -0.25) is 9.59 Å². The first-order valence-corrected chi connectivity index (χ1v) is 5.77. The van der Waals surface area contributed by atoms with Crippen molar-refractivity contribution in [3.63, 3.8) is 0 Å². The number of hydrogen-bond acceptors (Lipinski definition) is 3. The van der Waals surface area contributed by atoms with Crippen molar-refractivity contribution in [2.75, 3.05) is 13.1 Å². The van der Waals surface area contributed by atoms with Crippen molar-refractivity contribution in [1.29, 1.82) is 0 Å². The molecular formula is C11H18N2O3. The molecule has 0 aromatic carbocycles. The molecule has 0 aliphatic carbocycles. The van der Waals surface area contributed by atoms with E-state index in [0.717, 1.165) is 12.8 Å². The standard InChI is InChI=1S/C11H18N2O3/c1-7(8(2)14)9(15)13-5-3-4-11(13)6-12-10(11)16/h7-8,14H,3-6H2,1-2H3,(H,12,16). The number of aliphatic hydroxyl groups excluding tert-OH is 1. The third-order valence-corrected chi connectivity index (χ3v) is 3.83. The Balaban J connectivity index is 2.15. The molecule has 2 aliphatic heterocycles. The van der Waals surface area contributed by atoms with Crippen molar-refractivity contribution < 1.29 is 14.7 Å². The van der Waals surface area contributed by atoms with Gasteiger partial charge < -0.3 is 15.3 Å². The Kier molecular flexibility index (Phi) is 2.66. The summed E-state index contributed by atoms with van der Waals surface area (Å²) >= 11 is 0. The Morgan fingerprint density at radius 2 is 2.25 bits per heavy atom. The van der Waals surface area contributed by atoms with Gasteiger partial charge in [-0.2, -0.15) is 0 Å². The van der Waals surface area contributed by atoms with Crippen LogP contribution in [0.1, 0.15) is 26.7 Å². The van der Waals surface area contributed by atoms with Crippen LogP contribution in [0.4, 0.5) is 0 Å².